The minimum absolute atomic E-state index is 0.0109. The summed E-state index contributed by atoms with van der Waals surface area (Å²) in [5, 5.41) is 5.64. The topological polar surface area (TPSA) is 172 Å². The monoisotopic (exact) mass is 994 g/mol. The largest absolute Gasteiger partial charge is 0.497 e. The number of aromatic nitrogens is 2. The maximum absolute atomic E-state index is 14.8. The fraction of sp³-hybridized carbons (Fsp3) is 0.474. The van der Waals surface area contributed by atoms with E-state index in [-0.39, 0.29) is 37.8 Å². The van der Waals surface area contributed by atoms with Gasteiger partial charge in [-0.2, -0.15) is 4.99 Å². The number of carbonyl (C=O) groups excluding carboxylic acids is 4. The van der Waals surface area contributed by atoms with Crippen LogP contribution in [0.4, 0.5) is 11.4 Å². The predicted octanol–water partition coefficient (Wildman–Crippen LogP) is 7.82. The molecule has 3 aromatic carbocycles. The number of anilines is 1. The van der Waals surface area contributed by atoms with Crippen molar-refractivity contribution in [3.63, 3.8) is 0 Å². The van der Waals surface area contributed by atoms with Gasteiger partial charge in [-0.05, 0) is 96.7 Å². The van der Waals surface area contributed by atoms with Gasteiger partial charge in [0.25, 0.3) is 5.91 Å². The number of likely N-dealkylation sites (N-methyl/N-ethyl adjacent to an activating group) is 1. The molecule has 0 aliphatic carbocycles. The van der Waals surface area contributed by atoms with Gasteiger partial charge < -0.3 is 33.9 Å². The van der Waals surface area contributed by atoms with Crippen molar-refractivity contribution < 1.29 is 33.4 Å². The number of morpholine rings is 1. The van der Waals surface area contributed by atoms with Crippen LogP contribution in [-0.4, -0.2) is 127 Å². The van der Waals surface area contributed by atoms with Gasteiger partial charge in [-0.1, -0.05) is 65.0 Å². The molecule has 0 saturated carbocycles. The van der Waals surface area contributed by atoms with Crippen LogP contribution in [0, 0.1) is 11.3 Å². The highest BCUT2D eigenvalue weighted by Gasteiger charge is 2.38. The number of hydrazine groups is 1. The molecule has 16 nitrogen and oxygen atoms in total. The number of hydrogen-bond donors (Lipinski definition) is 2. The molecule has 2 fully saturated rings. The van der Waals surface area contributed by atoms with E-state index in [4.69, 9.17) is 14.2 Å². The number of cyclic esters (lactones) is 1. The lowest BCUT2D eigenvalue weighted by Crippen LogP contribution is -2.62. The Balaban J connectivity index is 1.07. The molecule has 5 aromatic rings. The van der Waals surface area contributed by atoms with Crippen molar-refractivity contribution in [3.05, 3.63) is 95.8 Å². The van der Waals surface area contributed by atoms with Crippen molar-refractivity contribution in [2.24, 2.45) is 21.3 Å². The number of rotatable bonds is 13. The number of fused-ring (bicyclic) bond motifs is 6. The Morgan fingerprint density at radius 2 is 1.82 bits per heavy atom. The summed E-state index contributed by atoms with van der Waals surface area (Å²) in [7, 11) is 3.23. The van der Waals surface area contributed by atoms with E-state index in [1.807, 2.05) is 56.6 Å². The van der Waals surface area contributed by atoms with Crippen molar-refractivity contribution in [1.29, 1.82) is 0 Å². The summed E-state index contributed by atoms with van der Waals surface area (Å²) >= 11 is 0. The number of carbonyl (C=O) groups is 4. The van der Waals surface area contributed by atoms with E-state index in [2.05, 4.69) is 105 Å². The lowest BCUT2D eigenvalue weighted by molar-refractivity contribution is -0.155. The SMILES string of the molecule is CCc1ccncc1-c1c2c3cc(ccc3n1CC)-c1cccc(c1)C[C@H](NC(=O)[C@H](C(C)C)N(C)C(=O)CCN=C=Nc1ccc(OC)cc1N1CCOCC1)C(=O)N1CCC[C@H](N1)C(=O)OCC(C)(C)C2. The Labute approximate surface area is 429 Å². The van der Waals surface area contributed by atoms with Crippen molar-refractivity contribution in [1.82, 2.24) is 30.2 Å². The van der Waals surface area contributed by atoms with Gasteiger partial charge in [0.2, 0.25) is 11.8 Å². The summed E-state index contributed by atoms with van der Waals surface area (Å²) in [5.41, 5.74) is 12.8. The molecule has 0 unspecified atom stereocenters. The zero-order valence-electron chi connectivity index (χ0n) is 43.7. The van der Waals surface area contributed by atoms with Gasteiger partial charge in [-0.3, -0.25) is 29.2 Å². The number of amides is 3. The highest BCUT2D eigenvalue weighted by Crippen LogP contribution is 2.41. The molecular formula is C57H71N9O7. The number of nitrogens with zero attached hydrogens (tertiary/aromatic N) is 7. The molecule has 3 aliphatic rings. The number of esters is 1. The Morgan fingerprint density at radius 1 is 1.03 bits per heavy atom. The highest BCUT2D eigenvalue weighted by atomic mass is 16.5. The molecule has 73 heavy (non-hydrogen) atoms. The molecule has 0 radical (unpaired) electrons. The molecule has 6 bridgehead atoms. The van der Waals surface area contributed by atoms with Crippen LogP contribution in [0.25, 0.3) is 33.3 Å². The van der Waals surface area contributed by atoms with Gasteiger partial charge in [-0.25, -0.2) is 10.4 Å². The number of nitrogens with one attached hydrogen (secondary N) is 2. The normalized spacial score (nSPS) is 18.6. The number of pyridine rings is 1. The van der Waals surface area contributed by atoms with Crippen LogP contribution >= 0.6 is 0 Å². The van der Waals surface area contributed by atoms with E-state index in [0.29, 0.717) is 63.5 Å². The second-order valence-electron chi connectivity index (χ2n) is 20.4. The smallest absolute Gasteiger partial charge is 0.324 e. The summed E-state index contributed by atoms with van der Waals surface area (Å²) in [6.45, 7) is 16.3. The highest BCUT2D eigenvalue weighted by molar-refractivity contribution is 5.96. The molecule has 386 valence electrons. The van der Waals surface area contributed by atoms with E-state index in [0.717, 1.165) is 57.5 Å². The third-order valence-electron chi connectivity index (χ3n) is 14.3. The maximum Gasteiger partial charge on any atom is 0.324 e. The molecular weight excluding hydrogens is 923 g/mol. The quantitative estimate of drug-likeness (QED) is 0.0875. The first-order chi connectivity index (χ1) is 35.2. The summed E-state index contributed by atoms with van der Waals surface area (Å²) in [4.78, 5) is 74.1. The summed E-state index contributed by atoms with van der Waals surface area (Å²) < 4.78 is 19.5. The van der Waals surface area contributed by atoms with Crippen molar-refractivity contribution in [2.75, 3.05) is 65.1 Å². The summed E-state index contributed by atoms with van der Waals surface area (Å²) in [6.07, 6.45) is 6.49. The minimum atomic E-state index is -1.05. The standard InChI is InChI=1S/C57H71N9O7/c1-9-39-20-22-58-34-45(39)53-44-33-57(5,6)35-73-56(70)47-15-12-24-66(62-47)55(69)48(30-38-13-11-14-40(29-38)41-16-19-49(43(44)31-41)65(53)10-2)61-54(68)52(37(3)4)63(7)51(67)21-23-59-36-60-46-18-17-42(71-8)32-50(46)64-25-27-72-28-26-64/h11,13-14,16-20,22,29,31-32,34,37,47-48,52,62H,9-10,12,15,21,23-28,30,33,35H2,1-8H3,(H,61,68)/t47-,48-,52-/m0/s1. The minimum Gasteiger partial charge on any atom is -0.497 e. The molecule has 2 aromatic heterocycles. The Kier molecular flexibility index (Phi) is 16.8. The van der Waals surface area contributed by atoms with Crippen LogP contribution < -0.4 is 20.4 Å². The van der Waals surface area contributed by atoms with Crippen LogP contribution in [0.3, 0.4) is 0 Å². The zero-order chi connectivity index (χ0) is 51.8. The van der Waals surface area contributed by atoms with Crippen LogP contribution in [0.15, 0.2) is 89.1 Å². The molecule has 3 aliphatic heterocycles. The fourth-order valence-corrected chi connectivity index (χ4v) is 10.5. The number of methoxy groups -OCH3 is 1. The summed E-state index contributed by atoms with van der Waals surface area (Å²) in [6, 6.07) is 22.4. The third kappa shape index (κ3) is 12.0. The first-order valence-electron chi connectivity index (χ1n) is 25.8. The van der Waals surface area contributed by atoms with Crippen molar-refractivity contribution >= 4 is 52.0 Å². The van der Waals surface area contributed by atoms with Crippen molar-refractivity contribution in [2.45, 2.75) is 105 Å². The number of aryl methyl sites for hydroxylation is 2. The van der Waals surface area contributed by atoms with Crippen molar-refractivity contribution in [3.8, 4) is 28.1 Å². The van der Waals surface area contributed by atoms with Crippen LogP contribution in [0.5, 0.6) is 5.75 Å². The van der Waals surface area contributed by atoms with Gasteiger partial charge in [-0.15, -0.1) is 0 Å². The number of aliphatic imine (C=N–C) groups is 2. The molecule has 3 atom stereocenters. The molecule has 16 heteroatoms. The van der Waals surface area contributed by atoms with Crippen LogP contribution in [0.1, 0.15) is 77.5 Å². The lowest BCUT2D eigenvalue weighted by Gasteiger charge is -2.36. The molecule has 2 saturated heterocycles. The second kappa shape index (κ2) is 23.3. The van der Waals surface area contributed by atoms with E-state index >= 15 is 0 Å². The van der Waals surface area contributed by atoms with Gasteiger partial charge in [0, 0.05) is 86.4 Å². The predicted molar refractivity (Wildman–Crippen MR) is 284 cm³/mol. The Hall–Kier alpha value is -6.87. The number of benzene rings is 3. The van der Waals surface area contributed by atoms with Crippen LogP contribution in [-0.2, 0) is 54.5 Å². The first kappa shape index (κ1) is 52.5. The fourth-order valence-electron chi connectivity index (χ4n) is 10.5. The molecule has 5 heterocycles. The molecule has 8 rings (SSSR count). The average molecular weight is 994 g/mol. The number of hydrogen-bond acceptors (Lipinski definition) is 12. The van der Waals surface area contributed by atoms with Gasteiger partial charge in [0.15, 0.2) is 0 Å². The summed E-state index contributed by atoms with van der Waals surface area (Å²) in [5.74, 6) is -1.19. The first-order valence-corrected chi connectivity index (χ1v) is 25.8. The Bertz CT molecular complexity index is 2880. The maximum atomic E-state index is 14.8. The van der Waals surface area contributed by atoms with Gasteiger partial charge in [0.05, 0.1) is 56.6 Å². The molecule has 0 spiro atoms. The molecule has 2 N–H and O–H groups in total. The van der Waals surface area contributed by atoms with E-state index in [1.165, 1.54) is 21.0 Å². The molecule has 3 amide bonds. The van der Waals surface area contributed by atoms with Crippen LogP contribution in [0.2, 0.25) is 0 Å². The van der Waals surface area contributed by atoms with Gasteiger partial charge in [0.1, 0.15) is 23.9 Å². The third-order valence-corrected chi connectivity index (χ3v) is 14.3. The average Bonchev–Trinajstić information content (AvgIpc) is 3.70. The van der Waals surface area contributed by atoms with E-state index in [1.54, 1.807) is 14.2 Å². The number of ether oxygens (including phenoxy) is 3. The van der Waals surface area contributed by atoms with E-state index in [9.17, 15) is 19.2 Å². The van der Waals surface area contributed by atoms with Gasteiger partial charge >= 0.3 is 5.97 Å². The lowest BCUT2D eigenvalue weighted by atomic mass is 9.84. The second-order valence-corrected chi connectivity index (χ2v) is 20.4. The van der Waals surface area contributed by atoms with E-state index < -0.39 is 41.3 Å². The zero-order valence-corrected chi connectivity index (χ0v) is 43.7. The Morgan fingerprint density at radius 3 is 2.58 bits per heavy atom.